The number of hydrogen-bond donors (Lipinski definition) is 0. The molecule has 0 radical (unpaired) electrons. The van der Waals surface area contributed by atoms with Crippen LogP contribution in [0, 0.1) is 5.92 Å². The van der Waals surface area contributed by atoms with Crippen LogP contribution in [0.1, 0.15) is 28.8 Å². The Bertz CT molecular complexity index is 535. The topological polar surface area (TPSA) is 61.8 Å². The molecule has 0 aromatic heterocycles. The van der Waals surface area contributed by atoms with Gasteiger partial charge in [-0.25, -0.2) is 0 Å². The number of benzene rings is 1. The molecular formula is C15H18O5. The van der Waals surface area contributed by atoms with Crippen molar-refractivity contribution in [3.8, 4) is 11.5 Å². The lowest BCUT2D eigenvalue weighted by molar-refractivity contribution is -0.140. The van der Waals surface area contributed by atoms with Gasteiger partial charge in [0.1, 0.15) is 0 Å². The van der Waals surface area contributed by atoms with Crippen molar-refractivity contribution in [3.63, 3.8) is 0 Å². The molecule has 1 aliphatic carbocycles. The fraction of sp³-hybridized carbons (Fsp3) is 0.467. The van der Waals surface area contributed by atoms with Crippen molar-refractivity contribution in [3.05, 3.63) is 23.3 Å². The monoisotopic (exact) mass is 278 g/mol. The van der Waals surface area contributed by atoms with E-state index in [2.05, 4.69) is 4.74 Å². The van der Waals surface area contributed by atoms with Crippen LogP contribution in [0.5, 0.6) is 11.5 Å². The second-order valence-electron chi connectivity index (χ2n) is 4.74. The van der Waals surface area contributed by atoms with Gasteiger partial charge in [-0.1, -0.05) is 0 Å². The van der Waals surface area contributed by atoms with Crippen LogP contribution in [0.4, 0.5) is 0 Å². The van der Waals surface area contributed by atoms with Crippen LogP contribution in [0.25, 0.3) is 0 Å². The van der Waals surface area contributed by atoms with Gasteiger partial charge in [0.15, 0.2) is 17.3 Å². The van der Waals surface area contributed by atoms with Gasteiger partial charge in [0.25, 0.3) is 0 Å². The Kier molecular flexibility index (Phi) is 4.27. The SMILES string of the molecule is COC(=O)CCC1Cc2cc(OC)c(OC)cc2C1=O. The average Bonchev–Trinajstić information content (AvgIpc) is 2.79. The van der Waals surface area contributed by atoms with E-state index in [4.69, 9.17) is 9.47 Å². The minimum atomic E-state index is -0.288. The molecule has 0 spiro atoms. The van der Waals surface area contributed by atoms with E-state index in [1.807, 2.05) is 6.07 Å². The summed E-state index contributed by atoms with van der Waals surface area (Å²) in [6.45, 7) is 0. The summed E-state index contributed by atoms with van der Waals surface area (Å²) in [6, 6.07) is 3.55. The Morgan fingerprint density at radius 1 is 1.20 bits per heavy atom. The van der Waals surface area contributed by atoms with Crippen LogP contribution in [-0.2, 0) is 16.0 Å². The Hall–Kier alpha value is -2.04. The van der Waals surface area contributed by atoms with Gasteiger partial charge in [-0.2, -0.15) is 0 Å². The number of esters is 1. The zero-order valence-electron chi connectivity index (χ0n) is 11.9. The zero-order chi connectivity index (χ0) is 14.7. The molecule has 0 saturated heterocycles. The van der Waals surface area contributed by atoms with Crippen molar-refractivity contribution in [1.29, 1.82) is 0 Å². The Morgan fingerprint density at radius 3 is 2.45 bits per heavy atom. The first-order valence-electron chi connectivity index (χ1n) is 6.46. The van der Waals surface area contributed by atoms with E-state index in [1.165, 1.54) is 7.11 Å². The number of ether oxygens (including phenoxy) is 3. The van der Waals surface area contributed by atoms with E-state index in [9.17, 15) is 9.59 Å². The summed E-state index contributed by atoms with van der Waals surface area (Å²) in [6.07, 6.45) is 1.39. The van der Waals surface area contributed by atoms with Gasteiger partial charge < -0.3 is 14.2 Å². The molecule has 108 valence electrons. The van der Waals surface area contributed by atoms with Crippen LogP contribution in [-0.4, -0.2) is 33.1 Å². The van der Waals surface area contributed by atoms with Crippen LogP contribution < -0.4 is 9.47 Å². The van der Waals surface area contributed by atoms with E-state index in [0.717, 1.165) is 5.56 Å². The molecule has 1 unspecified atom stereocenters. The molecule has 2 rings (SSSR count). The van der Waals surface area contributed by atoms with Crippen molar-refractivity contribution >= 4 is 11.8 Å². The maximum absolute atomic E-state index is 12.3. The molecule has 0 fully saturated rings. The first-order valence-corrected chi connectivity index (χ1v) is 6.46. The van der Waals surface area contributed by atoms with E-state index in [1.54, 1.807) is 20.3 Å². The highest BCUT2D eigenvalue weighted by atomic mass is 16.5. The van der Waals surface area contributed by atoms with E-state index < -0.39 is 0 Å². The van der Waals surface area contributed by atoms with Crippen LogP contribution in [0.2, 0.25) is 0 Å². The highest BCUT2D eigenvalue weighted by Gasteiger charge is 2.32. The molecule has 1 aliphatic rings. The number of methoxy groups -OCH3 is 3. The zero-order valence-corrected chi connectivity index (χ0v) is 11.9. The average molecular weight is 278 g/mol. The fourth-order valence-corrected chi connectivity index (χ4v) is 2.52. The summed E-state index contributed by atoms with van der Waals surface area (Å²) in [4.78, 5) is 23.5. The summed E-state index contributed by atoms with van der Waals surface area (Å²) in [5.74, 6) is 0.774. The highest BCUT2D eigenvalue weighted by Crippen LogP contribution is 2.37. The molecule has 0 bridgehead atoms. The Morgan fingerprint density at radius 2 is 1.85 bits per heavy atom. The lowest BCUT2D eigenvalue weighted by Gasteiger charge is -2.09. The number of rotatable bonds is 5. The second-order valence-corrected chi connectivity index (χ2v) is 4.74. The molecule has 5 nitrogen and oxygen atoms in total. The maximum Gasteiger partial charge on any atom is 0.305 e. The molecule has 5 heteroatoms. The summed E-state index contributed by atoms with van der Waals surface area (Å²) in [5, 5.41) is 0. The Balaban J connectivity index is 2.18. The van der Waals surface area contributed by atoms with Gasteiger partial charge in [-0.3, -0.25) is 9.59 Å². The minimum absolute atomic E-state index is 0.0601. The van der Waals surface area contributed by atoms with Crippen molar-refractivity contribution in [2.24, 2.45) is 5.92 Å². The molecule has 20 heavy (non-hydrogen) atoms. The highest BCUT2D eigenvalue weighted by molar-refractivity contribution is 6.03. The maximum atomic E-state index is 12.3. The third-order valence-electron chi connectivity index (χ3n) is 3.64. The first kappa shape index (κ1) is 14.4. The fourth-order valence-electron chi connectivity index (χ4n) is 2.52. The van der Waals surface area contributed by atoms with E-state index in [-0.39, 0.29) is 24.1 Å². The summed E-state index contributed by atoms with van der Waals surface area (Å²) >= 11 is 0. The summed E-state index contributed by atoms with van der Waals surface area (Å²) in [7, 11) is 4.46. The van der Waals surface area contributed by atoms with Gasteiger partial charge in [-0.05, 0) is 30.5 Å². The molecule has 0 amide bonds. The Labute approximate surface area is 117 Å². The quantitative estimate of drug-likeness (QED) is 0.771. The largest absolute Gasteiger partial charge is 0.493 e. The molecule has 0 heterocycles. The van der Waals surface area contributed by atoms with Gasteiger partial charge in [0.05, 0.1) is 21.3 Å². The van der Waals surface area contributed by atoms with Crippen molar-refractivity contribution in [1.82, 2.24) is 0 Å². The molecule has 0 N–H and O–H groups in total. The lowest BCUT2D eigenvalue weighted by atomic mass is 9.99. The number of fused-ring (bicyclic) bond motifs is 1. The third kappa shape index (κ3) is 2.61. The van der Waals surface area contributed by atoms with E-state index >= 15 is 0 Å². The number of ketones is 1. The third-order valence-corrected chi connectivity index (χ3v) is 3.64. The van der Waals surface area contributed by atoms with Crippen molar-refractivity contribution < 1.29 is 23.8 Å². The number of carbonyl (C=O) groups is 2. The van der Waals surface area contributed by atoms with Crippen molar-refractivity contribution in [2.45, 2.75) is 19.3 Å². The minimum Gasteiger partial charge on any atom is -0.493 e. The molecule has 1 atom stereocenters. The molecule has 0 saturated carbocycles. The number of Topliss-reactive ketones (excluding diaryl/α,β-unsaturated/α-hetero) is 1. The van der Waals surface area contributed by atoms with Gasteiger partial charge >= 0.3 is 5.97 Å². The summed E-state index contributed by atoms with van der Waals surface area (Å²) in [5.41, 5.74) is 1.61. The lowest BCUT2D eigenvalue weighted by Crippen LogP contribution is -2.12. The predicted octanol–water partition coefficient (Wildman–Crippen LogP) is 2.01. The molecule has 0 aliphatic heterocycles. The predicted molar refractivity (Wildman–Crippen MR) is 72.3 cm³/mol. The second kappa shape index (κ2) is 5.94. The first-order chi connectivity index (χ1) is 9.60. The van der Waals surface area contributed by atoms with Crippen LogP contribution >= 0.6 is 0 Å². The van der Waals surface area contributed by atoms with Gasteiger partial charge in [-0.15, -0.1) is 0 Å². The van der Waals surface area contributed by atoms with E-state index in [0.29, 0.717) is 29.9 Å². The van der Waals surface area contributed by atoms with Gasteiger partial charge in [0, 0.05) is 17.9 Å². The molecular weight excluding hydrogens is 260 g/mol. The normalized spacial score (nSPS) is 16.8. The van der Waals surface area contributed by atoms with Crippen LogP contribution in [0.15, 0.2) is 12.1 Å². The smallest absolute Gasteiger partial charge is 0.305 e. The van der Waals surface area contributed by atoms with Crippen LogP contribution in [0.3, 0.4) is 0 Å². The molecule has 1 aromatic carbocycles. The summed E-state index contributed by atoms with van der Waals surface area (Å²) < 4.78 is 15.1. The molecule has 1 aromatic rings. The number of carbonyl (C=O) groups excluding carboxylic acids is 2. The van der Waals surface area contributed by atoms with Crippen molar-refractivity contribution in [2.75, 3.05) is 21.3 Å². The van der Waals surface area contributed by atoms with Gasteiger partial charge in [0.2, 0.25) is 0 Å². The standard InChI is InChI=1S/C15H18O5/c1-18-12-7-10-6-9(4-5-14(16)20-3)15(17)11(10)8-13(12)19-2/h7-9H,4-6H2,1-3H3. The number of hydrogen-bond acceptors (Lipinski definition) is 5.